The minimum atomic E-state index is -0.302. The molecule has 0 aromatic rings. The smallest absolute Gasteiger partial charge is 0.376 e. The van der Waals surface area contributed by atoms with Crippen molar-refractivity contribution in [1.82, 2.24) is 9.71 Å². The number of aliphatic hydroxyl groups excluding tert-OH is 1. The van der Waals surface area contributed by atoms with E-state index in [9.17, 15) is 10.1 Å². The van der Waals surface area contributed by atoms with Crippen molar-refractivity contribution < 1.29 is 10.1 Å². The van der Waals surface area contributed by atoms with Crippen molar-refractivity contribution in [3.63, 3.8) is 0 Å². The first-order chi connectivity index (χ1) is 7.66. The third-order valence-electron chi connectivity index (χ3n) is 4.04. The summed E-state index contributed by atoms with van der Waals surface area (Å²) in [5.74, 6) is 0. The maximum absolute atomic E-state index is 9.49. The lowest BCUT2D eigenvalue weighted by atomic mass is 9.82. The normalized spacial score (nSPS) is 27.2. The Bertz CT molecular complexity index is 212. The predicted octanol–water partition coefficient (Wildman–Crippen LogP) is 0.0178. The number of piperidine rings is 2. The maximum Gasteiger partial charge on any atom is 0.376 e. The summed E-state index contributed by atoms with van der Waals surface area (Å²) >= 11 is 0. The SMILES string of the molecule is CB(O)N1CCC(N2CCC(O)CC2)CC1. The van der Waals surface area contributed by atoms with Gasteiger partial charge in [-0.2, -0.15) is 0 Å². The summed E-state index contributed by atoms with van der Waals surface area (Å²) in [7, 11) is -0.302. The van der Waals surface area contributed by atoms with Gasteiger partial charge in [0.15, 0.2) is 0 Å². The van der Waals surface area contributed by atoms with Gasteiger partial charge in [-0.25, -0.2) is 0 Å². The number of aliphatic hydroxyl groups is 1. The zero-order valence-corrected chi connectivity index (χ0v) is 10.2. The first kappa shape index (κ1) is 12.4. The van der Waals surface area contributed by atoms with E-state index in [0.29, 0.717) is 6.04 Å². The first-order valence-electron chi connectivity index (χ1n) is 6.51. The third-order valence-corrected chi connectivity index (χ3v) is 4.04. The fourth-order valence-electron chi connectivity index (χ4n) is 2.88. The number of nitrogens with zero attached hydrogens (tertiary/aromatic N) is 2. The molecule has 0 atom stereocenters. The summed E-state index contributed by atoms with van der Waals surface area (Å²) in [6.07, 6.45) is 4.09. The van der Waals surface area contributed by atoms with Gasteiger partial charge in [0, 0.05) is 19.1 Å². The number of hydrogen-bond acceptors (Lipinski definition) is 4. The Kier molecular flexibility index (Phi) is 4.24. The second-order valence-corrected chi connectivity index (χ2v) is 5.17. The fraction of sp³-hybridized carbons (Fsp3) is 1.00. The van der Waals surface area contributed by atoms with Crippen LogP contribution in [-0.4, -0.2) is 65.2 Å². The molecule has 0 radical (unpaired) electrons. The maximum atomic E-state index is 9.49. The van der Waals surface area contributed by atoms with Crippen LogP contribution in [0.25, 0.3) is 0 Å². The topological polar surface area (TPSA) is 46.9 Å². The van der Waals surface area contributed by atoms with Crippen LogP contribution in [0.1, 0.15) is 25.7 Å². The van der Waals surface area contributed by atoms with Crippen LogP contribution < -0.4 is 0 Å². The van der Waals surface area contributed by atoms with Gasteiger partial charge in [0.25, 0.3) is 0 Å². The number of likely N-dealkylation sites (tertiary alicyclic amines) is 1. The molecule has 16 heavy (non-hydrogen) atoms. The average Bonchev–Trinajstić information content (AvgIpc) is 2.30. The fourth-order valence-corrected chi connectivity index (χ4v) is 2.88. The molecular weight excluding hydrogens is 203 g/mol. The zero-order valence-electron chi connectivity index (χ0n) is 10.2. The highest BCUT2D eigenvalue weighted by atomic mass is 16.3. The lowest BCUT2D eigenvalue weighted by Gasteiger charge is -2.41. The van der Waals surface area contributed by atoms with Gasteiger partial charge in [0.2, 0.25) is 0 Å². The van der Waals surface area contributed by atoms with Gasteiger partial charge in [0.1, 0.15) is 0 Å². The van der Waals surface area contributed by atoms with E-state index >= 15 is 0 Å². The molecule has 0 aromatic heterocycles. The number of rotatable bonds is 2. The molecule has 0 saturated carbocycles. The van der Waals surface area contributed by atoms with Gasteiger partial charge >= 0.3 is 7.05 Å². The minimum Gasteiger partial charge on any atom is -0.437 e. The van der Waals surface area contributed by atoms with E-state index < -0.39 is 0 Å². The Balaban J connectivity index is 1.76. The highest BCUT2D eigenvalue weighted by molar-refractivity contribution is 6.45. The Hall–Kier alpha value is -0.0951. The van der Waals surface area contributed by atoms with Gasteiger partial charge in [-0.15, -0.1) is 0 Å². The van der Waals surface area contributed by atoms with E-state index in [1.165, 1.54) is 0 Å². The molecule has 2 aliphatic heterocycles. The van der Waals surface area contributed by atoms with Gasteiger partial charge in [-0.05, 0) is 45.6 Å². The van der Waals surface area contributed by atoms with Crippen molar-refractivity contribution in [3.8, 4) is 0 Å². The van der Waals surface area contributed by atoms with Crippen LogP contribution in [0.3, 0.4) is 0 Å². The molecule has 2 heterocycles. The molecule has 0 spiro atoms. The molecule has 4 nitrogen and oxygen atoms in total. The standard InChI is InChI=1S/C11H23BN2O2/c1-12(16)14-8-2-10(3-9-14)13-6-4-11(15)5-7-13/h10-11,15-16H,2-9H2,1H3. The molecule has 2 rings (SSSR count). The number of hydrogen-bond donors (Lipinski definition) is 2. The summed E-state index contributed by atoms with van der Waals surface area (Å²) in [6, 6.07) is 0.669. The average molecular weight is 226 g/mol. The van der Waals surface area contributed by atoms with E-state index in [-0.39, 0.29) is 13.2 Å². The quantitative estimate of drug-likeness (QED) is 0.651. The lowest BCUT2D eigenvalue weighted by Crippen LogP contribution is -2.51. The molecule has 0 bridgehead atoms. The highest BCUT2D eigenvalue weighted by Gasteiger charge is 2.29. The predicted molar refractivity (Wildman–Crippen MR) is 65.2 cm³/mol. The van der Waals surface area contributed by atoms with Gasteiger partial charge < -0.3 is 19.8 Å². The van der Waals surface area contributed by atoms with Crippen molar-refractivity contribution in [2.24, 2.45) is 0 Å². The molecule has 0 aromatic carbocycles. The molecule has 5 heteroatoms. The largest absolute Gasteiger partial charge is 0.437 e. The van der Waals surface area contributed by atoms with Gasteiger partial charge in [-0.3, -0.25) is 0 Å². The van der Waals surface area contributed by atoms with Crippen LogP contribution in [0.4, 0.5) is 0 Å². The Morgan fingerprint density at radius 3 is 2.06 bits per heavy atom. The van der Waals surface area contributed by atoms with Crippen LogP contribution in [0.15, 0.2) is 0 Å². The summed E-state index contributed by atoms with van der Waals surface area (Å²) in [6.45, 7) is 5.93. The minimum absolute atomic E-state index is 0.0752. The van der Waals surface area contributed by atoms with Crippen molar-refractivity contribution in [2.45, 2.75) is 44.7 Å². The summed E-state index contributed by atoms with van der Waals surface area (Å²) in [5, 5.41) is 19.0. The molecule has 2 N–H and O–H groups in total. The van der Waals surface area contributed by atoms with Crippen LogP contribution in [0, 0.1) is 0 Å². The lowest BCUT2D eigenvalue weighted by molar-refractivity contribution is 0.0455. The first-order valence-corrected chi connectivity index (χ1v) is 6.51. The van der Waals surface area contributed by atoms with Crippen molar-refractivity contribution in [2.75, 3.05) is 26.2 Å². The summed E-state index contributed by atoms with van der Waals surface area (Å²) in [5.41, 5.74) is 0. The van der Waals surface area contributed by atoms with Gasteiger partial charge in [-0.1, -0.05) is 0 Å². The molecule has 92 valence electrons. The van der Waals surface area contributed by atoms with Crippen LogP contribution in [0.5, 0.6) is 0 Å². The van der Waals surface area contributed by atoms with Crippen molar-refractivity contribution >= 4 is 7.05 Å². The molecule has 0 aliphatic carbocycles. The Morgan fingerprint density at radius 1 is 1.00 bits per heavy atom. The molecule has 2 aliphatic rings. The van der Waals surface area contributed by atoms with Crippen LogP contribution >= 0.6 is 0 Å². The molecule has 0 unspecified atom stereocenters. The van der Waals surface area contributed by atoms with Crippen molar-refractivity contribution in [1.29, 1.82) is 0 Å². The van der Waals surface area contributed by atoms with Gasteiger partial charge in [0.05, 0.1) is 6.10 Å². The van der Waals surface area contributed by atoms with Crippen LogP contribution in [-0.2, 0) is 0 Å². The molecule has 2 fully saturated rings. The van der Waals surface area contributed by atoms with E-state index in [2.05, 4.69) is 9.71 Å². The summed E-state index contributed by atoms with van der Waals surface area (Å²) in [4.78, 5) is 4.65. The third kappa shape index (κ3) is 2.97. The van der Waals surface area contributed by atoms with E-state index in [0.717, 1.165) is 51.9 Å². The van der Waals surface area contributed by atoms with E-state index in [1.54, 1.807) is 0 Å². The van der Waals surface area contributed by atoms with E-state index in [1.807, 2.05) is 6.82 Å². The highest BCUT2D eigenvalue weighted by Crippen LogP contribution is 2.21. The Morgan fingerprint density at radius 2 is 1.56 bits per heavy atom. The van der Waals surface area contributed by atoms with Crippen LogP contribution in [0.2, 0.25) is 6.82 Å². The second kappa shape index (κ2) is 5.49. The summed E-state index contributed by atoms with van der Waals surface area (Å²) < 4.78 is 0. The monoisotopic (exact) mass is 226 g/mol. The zero-order chi connectivity index (χ0) is 11.5. The second-order valence-electron chi connectivity index (χ2n) is 5.17. The molecular formula is C11H23BN2O2. The Labute approximate surface area is 98.4 Å². The van der Waals surface area contributed by atoms with Crippen molar-refractivity contribution in [3.05, 3.63) is 0 Å². The molecule has 2 saturated heterocycles. The van der Waals surface area contributed by atoms with E-state index in [4.69, 9.17) is 0 Å². The molecule has 0 amide bonds.